The molecule has 0 saturated carbocycles. The van der Waals surface area contributed by atoms with E-state index in [9.17, 15) is 0 Å². The minimum absolute atomic E-state index is 1.10. The summed E-state index contributed by atoms with van der Waals surface area (Å²) in [6.07, 6.45) is 3.02. The fourth-order valence-electron chi connectivity index (χ4n) is 1.31. The summed E-state index contributed by atoms with van der Waals surface area (Å²) in [7, 11) is 0. The largest absolute Gasteiger partial charge is 0.0985 e. The first-order valence-corrected chi connectivity index (χ1v) is 4.00. The van der Waals surface area contributed by atoms with Crippen molar-refractivity contribution in [3.05, 3.63) is 41.5 Å². The molecule has 0 fully saturated rings. The van der Waals surface area contributed by atoms with Gasteiger partial charge in [-0.05, 0) is 30.0 Å². The molecule has 1 aromatic carbocycles. The van der Waals surface area contributed by atoms with Crippen molar-refractivity contribution in [1.82, 2.24) is 0 Å². The molecule has 0 bridgehead atoms. The Morgan fingerprint density at radius 3 is 2.73 bits per heavy atom. The first-order chi connectivity index (χ1) is 5.29. The van der Waals surface area contributed by atoms with Crippen LogP contribution in [0.4, 0.5) is 0 Å². The first kappa shape index (κ1) is 8.06. The van der Waals surface area contributed by atoms with E-state index < -0.39 is 0 Å². The summed E-state index contributed by atoms with van der Waals surface area (Å²) in [5, 5.41) is 0. The molecule has 0 unspecified atom stereocenters. The van der Waals surface area contributed by atoms with Gasteiger partial charge in [0.2, 0.25) is 0 Å². The minimum atomic E-state index is 1.10. The maximum absolute atomic E-state index is 3.77. The highest BCUT2D eigenvalue weighted by atomic mass is 14.0. The van der Waals surface area contributed by atoms with Gasteiger partial charge >= 0.3 is 0 Å². The van der Waals surface area contributed by atoms with Crippen LogP contribution in [0.1, 0.15) is 23.6 Å². The Morgan fingerprint density at radius 1 is 1.45 bits per heavy atom. The molecule has 0 aliphatic carbocycles. The second-order valence-electron chi connectivity index (χ2n) is 2.69. The molecule has 0 spiro atoms. The van der Waals surface area contributed by atoms with Gasteiger partial charge in [0.05, 0.1) is 0 Å². The number of hydrogen-bond acceptors (Lipinski definition) is 0. The van der Waals surface area contributed by atoms with Crippen molar-refractivity contribution in [3.8, 4) is 0 Å². The van der Waals surface area contributed by atoms with Crippen LogP contribution in [0, 0.1) is 6.92 Å². The highest BCUT2D eigenvalue weighted by molar-refractivity contribution is 5.53. The Balaban J connectivity index is 3.20. The zero-order chi connectivity index (χ0) is 8.27. The van der Waals surface area contributed by atoms with Crippen molar-refractivity contribution in [2.75, 3.05) is 0 Å². The van der Waals surface area contributed by atoms with Crippen LogP contribution in [0.2, 0.25) is 0 Å². The lowest BCUT2D eigenvalue weighted by Gasteiger charge is -2.05. The van der Waals surface area contributed by atoms with Crippen molar-refractivity contribution in [2.24, 2.45) is 0 Å². The van der Waals surface area contributed by atoms with Gasteiger partial charge in [-0.3, -0.25) is 0 Å². The second kappa shape index (κ2) is 3.38. The predicted molar refractivity (Wildman–Crippen MR) is 50.6 cm³/mol. The van der Waals surface area contributed by atoms with E-state index in [1.807, 2.05) is 6.08 Å². The highest BCUT2D eigenvalue weighted by Gasteiger charge is 1.97. The van der Waals surface area contributed by atoms with Gasteiger partial charge in [0.25, 0.3) is 0 Å². The van der Waals surface area contributed by atoms with Gasteiger partial charge in [-0.25, -0.2) is 0 Å². The second-order valence-corrected chi connectivity index (χ2v) is 2.69. The first-order valence-electron chi connectivity index (χ1n) is 4.00. The third kappa shape index (κ3) is 1.51. The quantitative estimate of drug-likeness (QED) is 0.601. The van der Waals surface area contributed by atoms with Crippen LogP contribution in [0.5, 0.6) is 0 Å². The van der Waals surface area contributed by atoms with E-state index >= 15 is 0 Å². The molecule has 0 heteroatoms. The zero-order valence-electron chi connectivity index (χ0n) is 7.22. The summed E-state index contributed by atoms with van der Waals surface area (Å²) in [6.45, 7) is 8.09. The fraction of sp³-hybridized carbons (Fsp3) is 0.273. The fourth-order valence-corrected chi connectivity index (χ4v) is 1.31. The molecule has 0 saturated heterocycles. The third-order valence-electron chi connectivity index (χ3n) is 2.09. The van der Waals surface area contributed by atoms with Crippen molar-refractivity contribution in [2.45, 2.75) is 20.3 Å². The van der Waals surface area contributed by atoms with Gasteiger partial charge in [-0.15, -0.1) is 0 Å². The SMILES string of the molecule is C=Cc1cccc(CC)c1C. The van der Waals surface area contributed by atoms with Crippen molar-refractivity contribution >= 4 is 6.08 Å². The van der Waals surface area contributed by atoms with Gasteiger partial charge in [-0.1, -0.05) is 37.8 Å². The maximum Gasteiger partial charge on any atom is -0.0230 e. The van der Waals surface area contributed by atoms with Crippen LogP contribution in [-0.2, 0) is 6.42 Å². The summed E-state index contributed by atoms with van der Waals surface area (Å²) in [4.78, 5) is 0. The number of aryl methyl sites for hydroxylation is 1. The van der Waals surface area contributed by atoms with Crippen LogP contribution >= 0.6 is 0 Å². The van der Waals surface area contributed by atoms with Crippen molar-refractivity contribution < 1.29 is 0 Å². The molecular weight excluding hydrogens is 132 g/mol. The Hall–Kier alpha value is -1.04. The maximum atomic E-state index is 3.77. The molecule has 1 aromatic rings. The molecule has 0 aliphatic heterocycles. The molecule has 0 aromatic heterocycles. The van der Waals surface area contributed by atoms with E-state index in [4.69, 9.17) is 0 Å². The Morgan fingerprint density at radius 2 is 2.18 bits per heavy atom. The lowest BCUT2D eigenvalue weighted by Crippen LogP contribution is -1.88. The standard InChI is InChI=1S/C11H14/c1-4-10-7-6-8-11(5-2)9(10)3/h4,6-8H,1,5H2,2-3H3. The van der Waals surface area contributed by atoms with E-state index in [0.29, 0.717) is 0 Å². The lowest BCUT2D eigenvalue weighted by molar-refractivity contribution is 1.11. The van der Waals surface area contributed by atoms with Gasteiger partial charge in [0.1, 0.15) is 0 Å². The van der Waals surface area contributed by atoms with Gasteiger partial charge in [-0.2, -0.15) is 0 Å². The molecule has 0 radical (unpaired) electrons. The van der Waals surface area contributed by atoms with Crippen LogP contribution in [0.15, 0.2) is 24.8 Å². The van der Waals surface area contributed by atoms with E-state index in [-0.39, 0.29) is 0 Å². The van der Waals surface area contributed by atoms with E-state index in [1.54, 1.807) is 0 Å². The average Bonchev–Trinajstić information content (AvgIpc) is 2.05. The summed E-state index contributed by atoms with van der Waals surface area (Å²) in [5.41, 5.74) is 4.04. The molecular formula is C11H14. The molecule has 0 heterocycles. The smallest absolute Gasteiger partial charge is 0.0230 e. The summed E-state index contributed by atoms with van der Waals surface area (Å²) in [6, 6.07) is 6.35. The Bertz CT molecular complexity index is 259. The van der Waals surface area contributed by atoms with Crippen LogP contribution in [-0.4, -0.2) is 0 Å². The molecule has 11 heavy (non-hydrogen) atoms. The van der Waals surface area contributed by atoms with Crippen LogP contribution in [0.25, 0.3) is 6.08 Å². The minimum Gasteiger partial charge on any atom is -0.0985 e. The topological polar surface area (TPSA) is 0 Å². The van der Waals surface area contributed by atoms with Crippen LogP contribution in [0.3, 0.4) is 0 Å². The lowest BCUT2D eigenvalue weighted by atomic mass is 10.0. The van der Waals surface area contributed by atoms with E-state index in [2.05, 4.69) is 38.6 Å². The molecule has 0 atom stereocenters. The monoisotopic (exact) mass is 146 g/mol. The molecule has 0 nitrogen and oxygen atoms in total. The number of benzene rings is 1. The molecule has 1 rings (SSSR count). The summed E-state index contributed by atoms with van der Waals surface area (Å²) >= 11 is 0. The van der Waals surface area contributed by atoms with Crippen LogP contribution < -0.4 is 0 Å². The predicted octanol–water partition coefficient (Wildman–Crippen LogP) is 3.20. The van der Waals surface area contributed by atoms with Gasteiger partial charge in [0, 0.05) is 0 Å². The molecule has 0 N–H and O–H groups in total. The molecule has 0 aliphatic rings. The normalized spacial score (nSPS) is 9.64. The Kier molecular flexibility index (Phi) is 2.48. The Labute approximate surface area is 68.6 Å². The molecule has 0 amide bonds. The van der Waals surface area contributed by atoms with Gasteiger partial charge in [0.15, 0.2) is 0 Å². The van der Waals surface area contributed by atoms with Crippen molar-refractivity contribution in [1.29, 1.82) is 0 Å². The number of rotatable bonds is 2. The summed E-state index contributed by atoms with van der Waals surface area (Å²) in [5.74, 6) is 0. The van der Waals surface area contributed by atoms with E-state index in [1.165, 1.54) is 16.7 Å². The third-order valence-corrected chi connectivity index (χ3v) is 2.09. The summed E-state index contributed by atoms with van der Waals surface area (Å²) < 4.78 is 0. The number of hydrogen-bond donors (Lipinski definition) is 0. The van der Waals surface area contributed by atoms with Gasteiger partial charge < -0.3 is 0 Å². The average molecular weight is 146 g/mol. The zero-order valence-corrected chi connectivity index (χ0v) is 7.22. The molecule has 58 valence electrons. The van der Waals surface area contributed by atoms with E-state index in [0.717, 1.165) is 6.42 Å². The van der Waals surface area contributed by atoms with Crippen molar-refractivity contribution in [3.63, 3.8) is 0 Å². The highest BCUT2D eigenvalue weighted by Crippen LogP contribution is 2.14.